The van der Waals surface area contributed by atoms with E-state index in [1.165, 1.54) is 0 Å². The SMILES string of the molecule is O=C(CP(=O)(O)O)OCCCc1cccc(Oc2ccccc2)c1.[K].[K]. The maximum Gasteiger partial charge on any atom is 0.336 e. The second-order valence-corrected chi connectivity index (χ2v) is 6.85. The number of carbonyl (C=O) groups is 1. The molecule has 0 bridgehead atoms. The van der Waals surface area contributed by atoms with Crippen LogP contribution in [0.25, 0.3) is 0 Å². The van der Waals surface area contributed by atoms with E-state index >= 15 is 0 Å². The molecule has 0 aliphatic rings. The summed E-state index contributed by atoms with van der Waals surface area (Å²) in [5, 5.41) is 0. The van der Waals surface area contributed by atoms with Gasteiger partial charge in [0.05, 0.1) is 6.61 Å². The average molecular weight is 429 g/mol. The van der Waals surface area contributed by atoms with Crippen molar-refractivity contribution in [2.24, 2.45) is 0 Å². The minimum absolute atomic E-state index is 0. The monoisotopic (exact) mass is 428 g/mol. The fourth-order valence-electron chi connectivity index (χ4n) is 2.07. The molecule has 6 nitrogen and oxygen atoms in total. The first-order valence-corrected chi connectivity index (χ1v) is 9.24. The van der Waals surface area contributed by atoms with Crippen LogP contribution in [0.5, 0.6) is 11.5 Å². The van der Waals surface area contributed by atoms with Gasteiger partial charge in [0.2, 0.25) is 0 Å². The van der Waals surface area contributed by atoms with Crippen molar-refractivity contribution in [1.82, 2.24) is 0 Å². The third-order valence-electron chi connectivity index (χ3n) is 3.09. The van der Waals surface area contributed by atoms with Crippen LogP contribution in [0, 0.1) is 0 Å². The Hall–Kier alpha value is 1.13. The molecule has 0 spiro atoms. The Kier molecular flexibility index (Phi) is 14.8. The second kappa shape index (κ2) is 14.2. The summed E-state index contributed by atoms with van der Waals surface area (Å²) in [5.74, 6) is 0.586. The van der Waals surface area contributed by atoms with Gasteiger partial charge in [0.1, 0.15) is 17.7 Å². The number of hydrogen-bond donors (Lipinski definition) is 2. The molecule has 9 heteroatoms. The van der Waals surface area contributed by atoms with Crippen molar-refractivity contribution in [3.63, 3.8) is 0 Å². The van der Waals surface area contributed by atoms with Gasteiger partial charge >= 0.3 is 13.6 Å². The van der Waals surface area contributed by atoms with Crippen molar-refractivity contribution < 1.29 is 28.6 Å². The number of benzene rings is 2. The van der Waals surface area contributed by atoms with E-state index in [4.69, 9.17) is 19.3 Å². The molecule has 0 aliphatic carbocycles. The van der Waals surface area contributed by atoms with E-state index in [0.29, 0.717) is 12.8 Å². The standard InChI is InChI=1S/C17H19O6P.2K/c18-17(13-24(19,20)21)22-11-5-7-14-6-4-10-16(12-14)23-15-8-2-1-3-9-15;;/h1-4,6,8-10,12H,5,7,11,13H2,(H2,19,20,21);;. The summed E-state index contributed by atoms with van der Waals surface area (Å²) in [5.41, 5.74) is 1.02. The molecule has 26 heavy (non-hydrogen) atoms. The Morgan fingerprint density at radius 2 is 1.62 bits per heavy atom. The Morgan fingerprint density at radius 1 is 0.962 bits per heavy atom. The summed E-state index contributed by atoms with van der Waals surface area (Å²) >= 11 is 0. The number of esters is 1. The van der Waals surface area contributed by atoms with Gasteiger partial charge < -0.3 is 19.3 Å². The van der Waals surface area contributed by atoms with Crippen LogP contribution in [0.3, 0.4) is 0 Å². The Bertz CT molecular complexity index is 720. The zero-order valence-electron chi connectivity index (χ0n) is 15.0. The molecule has 130 valence electrons. The molecule has 0 saturated heterocycles. The van der Waals surface area contributed by atoms with Crippen molar-refractivity contribution in [2.75, 3.05) is 12.8 Å². The van der Waals surface area contributed by atoms with E-state index in [9.17, 15) is 9.36 Å². The van der Waals surface area contributed by atoms with E-state index in [-0.39, 0.29) is 109 Å². The molecule has 2 N–H and O–H groups in total. The predicted octanol–water partition coefficient (Wildman–Crippen LogP) is 2.37. The van der Waals surface area contributed by atoms with Gasteiger partial charge in [-0.25, -0.2) is 0 Å². The number of rotatable bonds is 8. The van der Waals surface area contributed by atoms with Gasteiger partial charge in [-0.3, -0.25) is 9.36 Å². The van der Waals surface area contributed by atoms with Crippen LogP contribution in [0.1, 0.15) is 12.0 Å². The Balaban J connectivity index is 0.00000312. The number of para-hydroxylation sites is 1. The molecular formula is C17H19K2O6P. The van der Waals surface area contributed by atoms with Gasteiger partial charge in [0, 0.05) is 103 Å². The first-order chi connectivity index (χ1) is 11.4. The summed E-state index contributed by atoms with van der Waals surface area (Å²) in [6.07, 6.45) is 0.338. The molecule has 0 heterocycles. The van der Waals surface area contributed by atoms with Crippen LogP contribution < -0.4 is 4.74 Å². The van der Waals surface area contributed by atoms with E-state index in [2.05, 4.69) is 0 Å². The second-order valence-electron chi connectivity index (χ2n) is 5.21. The van der Waals surface area contributed by atoms with E-state index < -0.39 is 19.7 Å². The summed E-state index contributed by atoms with van der Waals surface area (Å²) in [6, 6.07) is 17.0. The molecule has 2 aromatic carbocycles. The third-order valence-corrected chi connectivity index (χ3v) is 3.76. The smallest absolute Gasteiger partial charge is 0.336 e. The first-order valence-electron chi connectivity index (χ1n) is 7.44. The molecule has 2 aromatic rings. The van der Waals surface area contributed by atoms with Gasteiger partial charge in [0.15, 0.2) is 0 Å². The molecule has 0 atom stereocenters. The maximum atomic E-state index is 11.2. The molecule has 2 radical (unpaired) electrons. The maximum absolute atomic E-state index is 11.2. The van der Waals surface area contributed by atoms with Gasteiger partial charge in [0.25, 0.3) is 0 Å². The number of hydrogen-bond acceptors (Lipinski definition) is 4. The van der Waals surface area contributed by atoms with E-state index in [0.717, 1.165) is 17.1 Å². The zero-order chi connectivity index (χ0) is 17.4. The van der Waals surface area contributed by atoms with Crippen LogP contribution in [0.2, 0.25) is 0 Å². The van der Waals surface area contributed by atoms with Crippen molar-refractivity contribution >= 4 is 116 Å². The van der Waals surface area contributed by atoms with Crippen molar-refractivity contribution in [3.8, 4) is 11.5 Å². The average Bonchev–Trinajstić information content (AvgIpc) is 2.51. The zero-order valence-corrected chi connectivity index (χ0v) is 22.1. The Labute approximate surface area is 238 Å². The summed E-state index contributed by atoms with van der Waals surface area (Å²) < 4.78 is 21.2. The third kappa shape index (κ3) is 11.9. The fourth-order valence-corrected chi connectivity index (χ4v) is 2.49. The Morgan fingerprint density at radius 3 is 2.27 bits per heavy atom. The number of aryl methyl sites for hydroxylation is 1. The summed E-state index contributed by atoms with van der Waals surface area (Å²) in [4.78, 5) is 28.5. The van der Waals surface area contributed by atoms with Crippen molar-refractivity contribution in [3.05, 3.63) is 60.2 Å². The number of carbonyl (C=O) groups excluding carboxylic acids is 1. The van der Waals surface area contributed by atoms with Crippen LogP contribution in [0.4, 0.5) is 0 Å². The molecule has 2 rings (SSSR count). The topological polar surface area (TPSA) is 93.1 Å². The molecule has 0 saturated carbocycles. The van der Waals surface area contributed by atoms with E-state index in [1.807, 2.05) is 54.6 Å². The quantitative estimate of drug-likeness (QED) is 0.290. The van der Waals surface area contributed by atoms with Crippen LogP contribution >= 0.6 is 7.60 Å². The molecule has 0 unspecified atom stereocenters. The van der Waals surface area contributed by atoms with Crippen molar-refractivity contribution in [1.29, 1.82) is 0 Å². The molecule has 0 aromatic heterocycles. The van der Waals surface area contributed by atoms with Crippen LogP contribution in [-0.2, 0) is 20.5 Å². The predicted molar refractivity (Wildman–Crippen MR) is 101 cm³/mol. The van der Waals surface area contributed by atoms with E-state index in [1.54, 1.807) is 0 Å². The van der Waals surface area contributed by atoms with Crippen LogP contribution in [0.15, 0.2) is 54.6 Å². The normalized spacial score (nSPS) is 10.2. The molecule has 0 aliphatic heterocycles. The molecule has 0 amide bonds. The first kappa shape index (κ1) is 27.1. The van der Waals surface area contributed by atoms with Gasteiger partial charge in [-0.15, -0.1) is 0 Å². The number of ether oxygens (including phenoxy) is 2. The minimum atomic E-state index is -4.36. The van der Waals surface area contributed by atoms with Crippen molar-refractivity contribution in [2.45, 2.75) is 12.8 Å². The van der Waals surface area contributed by atoms with Crippen LogP contribution in [-0.4, -0.2) is 131 Å². The molecular weight excluding hydrogens is 409 g/mol. The largest absolute Gasteiger partial charge is 0.465 e. The molecule has 0 fully saturated rings. The van der Waals surface area contributed by atoms with Gasteiger partial charge in [-0.1, -0.05) is 30.3 Å². The fraction of sp³-hybridized carbons (Fsp3) is 0.235. The summed E-state index contributed by atoms with van der Waals surface area (Å²) in [6.45, 7) is 0.114. The summed E-state index contributed by atoms with van der Waals surface area (Å²) in [7, 11) is -4.36. The van der Waals surface area contributed by atoms with Gasteiger partial charge in [-0.05, 0) is 42.7 Å². The van der Waals surface area contributed by atoms with Gasteiger partial charge in [-0.2, -0.15) is 0 Å². The minimum Gasteiger partial charge on any atom is -0.465 e.